The number of hydrogen-bond donors (Lipinski definition) is 1. The summed E-state index contributed by atoms with van der Waals surface area (Å²) in [7, 11) is 1.62. The van der Waals surface area contributed by atoms with Gasteiger partial charge < -0.3 is 9.84 Å². The molecule has 0 fully saturated rings. The molecule has 0 aliphatic carbocycles. The molecule has 1 N–H and O–H groups in total. The van der Waals surface area contributed by atoms with Crippen molar-refractivity contribution in [3.8, 4) is 5.75 Å². The van der Waals surface area contributed by atoms with Gasteiger partial charge in [-0.3, -0.25) is 0 Å². The van der Waals surface area contributed by atoms with E-state index < -0.39 is 6.10 Å². The maximum Gasteiger partial charge on any atom is 0.125 e. The highest BCUT2D eigenvalue weighted by Gasteiger charge is 2.17. The molecule has 0 saturated carbocycles. The molecule has 3 heteroatoms. The smallest absolute Gasteiger partial charge is 0.125 e. The third kappa shape index (κ3) is 2.67. The highest BCUT2D eigenvalue weighted by atomic mass is 127. The zero-order chi connectivity index (χ0) is 13.1. The highest BCUT2D eigenvalue weighted by molar-refractivity contribution is 14.1. The normalized spacial score (nSPS) is 12.2. The molecule has 0 amide bonds. The Morgan fingerprint density at radius 1 is 1.11 bits per heavy atom. The van der Waals surface area contributed by atoms with Gasteiger partial charge in [0.05, 0.1) is 7.11 Å². The van der Waals surface area contributed by atoms with Gasteiger partial charge in [0, 0.05) is 9.13 Å². The summed E-state index contributed by atoms with van der Waals surface area (Å²) in [6.45, 7) is 2.01. The summed E-state index contributed by atoms with van der Waals surface area (Å²) in [6.07, 6.45) is -0.659. The Kier molecular flexibility index (Phi) is 4.24. The minimum absolute atomic E-state index is 0.659. The van der Waals surface area contributed by atoms with E-state index in [1.807, 2.05) is 49.4 Å². The Bertz CT molecular complexity index is 552. The van der Waals surface area contributed by atoms with E-state index in [-0.39, 0.29) is 0 Å². The Labute approximate surface area is 121 Å². The van der Waals surface area contributed by atoms with Gasteiger partial charge in [0.1, 0.15) is 11.9 Å². The number of aliphatic hydroxyl groups is 1. The van der Waals surface area contributed by atoms with Crippen LogP contribution in [-0.4, -0.2) is 12.2 Å². The lowest BCUT2D eigenvalue weighted by Gasteiger charge is -2.17. The molecular formula is C15H15IO2. The average molecular weight is 354 g/mol. The van der Waals surface area contributed by atoms with E-state index in [9.17, 15) is 5.11 Å². The second-order valence-electron chi connectivity index (χ2n) is 4.17. The molecule has 2 aromatic rings. The molecule has 0 saturated heterocycles. The predicted molar refractivity (Wildman–Crippen MR) is 81.0 cm³/mol. The maximum atomic E-state index is 10.5. The SMILES string of the molecule is COc1ccc(C)cc1C(O)c1ccccc1I. The molecule has 0 heterocycles. The molecule has 0 spiro atoms. The number of ether oxygens (including phenoxy) is 1. The second kappa shape index (κ2) is 5.71. The lowest BCUT2D eigenvalue weighted by Crippen LogP contribution is -2.04. The van der Waals surface area contributed by atoms with E-state index in [4.69, 9.17) is 4.74 Å². The zero-order valence-electron chi connectivity index (χ0n) is 10.4. The first kappa shape index (κ1) is 13.4. The van der Waals surface area contributed by atoms with Crippen LogP contribution in [0.1, 0.15) is 22.8 Å². The minimum atomic E-state index is -0.659. The van der Waals surface area contributed by atoms with Crippen LogP contribution in [0.15, 0.2) is 42.5 Å². The molecule has 1 atom stereocenters. The molecular weight excluding hydrogens is 339 g/mol. The van der Waals surface area contributed by atoms with Crippen LogP contribution < -0.4 is 4.74 Å². The molecule has 18 heavy (non-hydrogen) atoms. The zero-order valence-corrected chi connectivity index (χ0v) is 12.5. The maximum absolute atomic E-state index is 10.5. The number of rotatable bonds is 3. The molecule has 0 aromatic heterocycles. The fourth-order valence-electron chi connectivity index (χ4n) is 1.93. The van der Waals surface area contributed by atoms with Gasteiger partial charge in [0.2, 0.25) is 0 Å². The van der Waals surface area contributed by atoms with E-state index in [1.165, 1.54) is 0 Å². The largest absolute Gasteiger partial charge is 0.496 e. The van der Waals surface area contributed by atoms with Crippen molar-refractivity contribution in [3.63, 3.8) is 0 Å². The number of methoxy groups -OCH3 is 1. The summed E-state index contributed by atoms with van der Waals surface area (Å²) >= 11 is 2.23. The number of benzene rings is 2. The molecule has 1 unspecified atom stereocenters. The lowest BCUT2D eigenvalue weighted by molar-refractivity contribution is 0.214. The summed E-state index contributed by atoms with van der Waals surface area (Å²) in [5.41, 5.74) is 2.82. The summed E-state index contributed by atoms with van der Waals surface area (Å²) in [4.78, 5) is 0. The van der Waals surface area contributed by atoms with E-state index in [0.29, 0.717) is 5.75 Å². The third-order valence-corrected chi connectivity index (χ3v) is 3.86. The van der Waals surface area contributed by atoms with Gasteiger partial charge in [-0.2, -0.15) is 0 Å². The van der Waals surface area contributed by atoms with E-state index >= 15 is 0 Å². The van der Waals surface area contributed by atoms with Crippen molar-refractivity contribution >= 4 is 22.6 Å². The summed E-state index contributed by atoms with van der Waals surface area (Å²) in [5, 5.41) is 10.5. The van der Waals surface area contributed by atoms with Crippen molar-refractivity contribution < 1.29 is 9.84 Å². The minimum Gasteiger partial charge on any atom is -0.496 e. The van der Waals surface area contributed by atoms with Crippen LogP contribution in [0.25, 0.3) is 0 Å². The van der Waals surface area contributed by atoms with Gasteiger partial charge in [-0.05, 0) is 53.3 Å². The van der Waals surface area contributed by atoms with Crippen LogP contribution in [0.3, 0.4) is 0 Å². The van der Waals surface area contributed by atoms with Crippen LogP contribution in [0.5, 0.6) is 5.75 Å². The van der Waals surface area contributed by atoms with Gasteiger partial charge in [-0.15, -0.1) is 0 Å². The Balaban J connectivity index is 2.48. The first-order valence-electron chi connectivity index (χ1n) is 5.70. The fraction of sp³-hybridized carbons (Fsp3) is 0.200. The van der Waals surface area contributed by atoms with Gasteiger partial charge in [0.25, 0.3) is 0 Å². The topological polar surface area (TPSA) is 29.5 Å². The quantitative estimate of drug-likeness (QED) is 0.852. The summed E-state index contributed by atoms with van der Waals surface area (Å²) in [6, 6.07) is 13.7. The van der Waals surface area contributed by atoms with Gasteiger partial charge in [0.15, 0.2) is 0 Å². The molecule has 2 nitrogen and oxygen atoms in total. The second-order valence-corrected chi connectivity index (χ2v) is 5.33. The molecule has 2 aromatic carbocycles. The van der Waals surface area contributed by atoms with Crippen molar-refractivity contribution in [1.82, 2.24) is 0 Å². The van der Waals surface area contributed by atoms with Crippen molar-refractivity contribution in [2.24, 2.45) is 0 Å². The van der Waals surface area contributed by atoms with Crippen LogP contribution in [0, 0.1) is 10.5 Å². The molecule has 0 bridgehead atoms. The molecule has 0 aliphatic heterocycles. The number of halogens is 1. The molecule has 2 rings (SSSR count). The molecule has 94 valence electrons. The van der Waals surface area contributed by atoms with Gasteiger partial charge >= 0.3 is 0 Å². The number of aryl methyl sites for hydroxylation is 1. The fourth-order valence-corrected chi connectivity index (χ4v) is 2.61. The van der Waals surface area contributed by atoms with Crippen LogP contribution >= 0.6 is 22.6 Å². The first-order chi connectivity index (χ1) is 8.63. The van der Waals surface area contributed by atoms with Crippen molar-refractivity contribution in [3.05, 3.63) is 62.7 Å². The van der Waals surface area contributed by atoms with Crippen LogP contribution in [-0.2, 0) is 0 Å². The van der Waals surface area contributed by atoms with E-state index in [1.54, 1.807) is 7.11 Å². The molecule has 0 aliphatic rings. The monoisotopic (exact) mass is 354 g/mol. The lowest BCUT2D eigenvalue weighted by atomic mass is 9.99. The highest BCUT2D eigenvalue weighted by Crippen LogP contribution is 2.32. The van der Waals surface area contributed by atoms with Crippen molar-refractivity contribution in [2.45, 2.75) is 13.0 Å². The summed E-state index contributed by atoms with van der Waals surface area (Å²) in [5.74, 6) is 0.716. The van der Waals surface area contributed by atoms with Crippen molar-refractivity contribution in [1.29, 1.82) is 0 Å². The van der Waals surface area contributed by atoms with Gasteiger partial charge in [-0.1, -0.05) is 29.8 Å². The predicted octanol–water partition coefficient (Wildman–Crippen LogP) is 3.69. The Morgan fingerprint density at radius 2 is 1.83 bits per heavy atom. The van der Waals surface area contributed by atoms with Crippen LogP contribution in [0.4, 0.5) is 0 Å². The Hall–Kier alpha value is -1.07. The van der Waals surface area contributed by atoms with E-state index in [2.05, 4.69) is 22.6 Å². The first-order valence-corrected chi connectivity index (χ1v) is 6.78. The summed E-state index contributed by atoms with van der Waals surface area (Å²) < 4.78 is 6.37. The van der Waals surface area contributed by atoms with Gasteiger partial charge in [-0.25, -0.2) is 0 Å². The molecule has 0 radical (unpaired) electrons. The van der Waals surface area contributed by atoms with Crippen molar-refractivity contribution in [2.75, 3.05) is 7.11 Å². The van der Waals surface area contributed by atoms with Crippen LogP contribution in [0.2, 0.25) is 0 Å². The van der Waals surface area contributed by atoms with E-state index in [0.717, 1.165) is 20.3 Å². The number of hydrogen-bond acceptors (Lipinski definition) is 2. The third-order valence-electron chi connectivity index (χ3n) is 2.88. The number of aliphatic hydroxyl groups excluding tert-OH is 1. The standard InChI is InChI=1S/C15H15IO2/c1-10-7-8-14(18-2)12(9-10)15(17)11-5-3-4-6-13(11)16/h3-9,15,17H,1-2H3. The average Bonchev–Trinajstić information content (AvgIpc) is 2.38. The Morgan fingerprint density at radius 3 is 2.50 bits per heavy atom.